The quantitative estimate of drug-likeness (QED) is 0.635. The Morgan fingerprint density at radius 3 is 2.55 bits per heavy atom. The number of pyridine rings is 1. The molecule has 3 rings (SSSR count). The van der Waals surface area contributed by atoms with E-state index in [9.17, 15) is 18.7 Å². The number of aliphatic hydroxyl groups is 1. The summed E-state index contributed by atoms with van der Waals surface area (Å²) in [5, 5.41) is 12.3. The Morgan fingerprint density at radius 2 is 1.93 bits per heavy atom. The molecular formula is C21H23F2N3O3. The maximum absolute atomic E-state index is 13.8. The Morgan fingerprint density at radius 1 is 1.24 bits per heavy atom. The number of fused-ring (bicyclic) bond motifs is 1. The number of aromatic nitrogens is 2. The van der Waals surface area contributed by atoms with Gasteiger partial charge in [-0.25, -0.2) is 13.8 Å². The minimum Gasteiger partial charge on any atom is -0.485 e. The maximum atomic E-state index is 13.8. The molecule has 0 saturated heterocycles. The number of nitrogens with one attached hydrogen (secondary N) is 1. The van der Waals surface area contributed by atoms with E-state index in [0.717, 1.165) is 12.1 Å². The molecule has 6 nitrogen and oxygen atoms in total. The number of carbonyl (C=O) groups excluding carboxylic acids is 1. The summed E-state index contributed by atoms with van der Waals surface area (Å²) in [6.07, 6.45) is 1.66. The summed E-state index contributed by atoms with van der Waals surface area (Å²) in [4.78, 5) is 17.2. The Kier molecular flexibility index (Phi) is 6.12. The second kappa shape index (κ2) is 8.57. The number of carbonyl (C=O) groups is 1. The molecule has 0 bridgehead atoms. The smallest absolute Gasteiger partial charge is 0.270 e. The van der Waals surface area contributed by atoms with Crippen LogP contribution in [-0.4, -0.2) is 33.0 Å². The molecule has 2 aromatic heterocycles. The van der Waals surface area contributed by atoms with Gasteiger partial charge in [-0.05, 0) is 37.1 Å². The fraction of sp³-hybridized carbons (Fsp3) is 0.333. The summed E-state index contributed by atoms with van der Waals surface area (Å²) >= 11 is 0. The van der Waals surface area contributed by atoms with Gasteiger partial charge in [0.1, 0.15) is 23.9 Å². The van der Waals surface area contributed by atoms with Gasteiger partial charge >= 0.3 is 0 Å². The van der Waals surface area contributed by atoms with E-state index in [-0.39, 0.29) is 30.6 Å². The largest absolute Gasteiger partial charge is 0.485 e. The van der Waals surface area contributed by atoms with E-state index in [4.69, 9.17) is 4.74 Å². The van der Waals surface area contributed by atoms with Gasteiger partial charge in [-0.1, -0.05) is 19.9 Å². The second-order valence-electron chi connectivity index (χ2n) is 7.11. The highest BCUT2D eigenvalue weighted by Crippen LogP contribution is 2.24. The highest BCUT2D eigenvalue weighted by molar-refractivity contribution is 5.95. The van der Waals surface area contributed by atoms with Crippen molar-refractivity contribution in [3.05, 3.63) is 65.1 Å². The third-order valence-electron chi connectivity index (χ3n) is 4.76. The Bertz CT molecular complexity index is 1010. The second-order valence-corrected chi connectivity index (χ2v) is 7.11. The van der Waals surface area contributed by atoms with Crippen molar-refractivity contribution in [1.29, 1.82) is 0 Å². The van der Waals surface area contributed by atoms with Crippen molar-refractivity contribution in [2.75, 3.05) is 6.61 Å². The van der Waals surface area contributed by atoms with Crippen molar-refractivity contribution in [2.24, 2.45) is 5.92 Å². The van der Waals surface area contributed by atoms with Crippen molar-refractivity contribution in [3.8, 4) is 5.75 Å². The van der Waals surface area contributed by atoms with Crippen LogP contribution in [0.1, 0.15) is 35.6 Å². The number of aliphatic hydroxyl groups excluding tert-OH is 1. The standard InChI is InChI=1S/C21H23F2N3O3/c1-12(2)17(10-27)25-21(28)19-13(3)24-20-18(8-5-9-26(19)20)29-11-14-15(22)6-4-7-16(14)23/h4-9,12,17,27H,10-11H2,1-3H3,(H,25,28)/t17-/m0/s1. The van der Waals surface area contributed by atoms with Crippen LogP contribution < -0.4 is 10.1 Å². The third kappa shape index (κ3) is 4.22. The number of rotatable bonds is 7. The molecule has 3 aromatic rings. The van der Waals surface area contributed by atoms with Crippen LogP contribution in [0.4, 0.5) is 8.78 Å². The van der Waals surface area contributed by atoms with Crippen molar-refractivity contribution in [1.82, 2.24) is 14.7 Å². The molecule has 1 aromatic carbocycles. The van der Waals surface area contributed by atoms with Crippen molar-refractivity contribution in [3.63, 3.8) is 0 Å². The molecule has 0 aliphatic rings. The van der Waals surface area contributed by atoms with Gasteiger partial charge in [0.25, 0.3) is 5.91 Å². The molecule has 0 radical (unpaired) electrons. The van der Waals surface area contributed by atoms with Crippen LogP contribution in [0.25, 0.3) is 5.65 Å². The molecule has 2 N–H and O–H groups in total. The van der Waals surface area contributed by atoms with Gasteiger partial charge in [-0.3, -0.25) is 9.20 Å². The van der Waals surface area contributed by atoms with Crippen LogP contribution in [0.3, 0.4) is 0 Å². The first-order valence-corrected chi connectivity index (χ1v) is 9.28. The Hall–Kier alpha value is -3.00. The molecule has 154 valence electrons. The normalized spacial score (nSPS) is 12.4. The number of aryl methyl sites for hydroxylation is 1. The van der Waals surface area contributed by atoms with E-state index in [2.05, 4.69) is 10.3 Å². The van der Waals surface area contributed by atoms with Crippen LogP contribution in [0, 0.1) is 24.5 Å². The van der Waals surface area contributed by atoms with Gasteiger partial charge in [0.05, 0.1) is 23.9 Å². The molecule has 0 spiro atoms. The summed E-state index contributed by atoms with van der Waals surface area (Å²) in [5.41, 5.74) is 0.952. The summed E-state index contributed by atoms with van der Waals surface area (Å²) in [6, 6.07) is 6.50. The fourth-order valence-electron chi connectivity index (χ4n) is 3.02. The summed E-state index contributed by atoms with van der Waals surface area (Å²) in [6.45, 7) is 4.99. The number of amides is 1. The van der Waals surface area contributed by atoms with Crippen LogP contribution in [0.2, 0.25) is 0 Å². The number of hydrogen-bond acceptors (Lipinski definition) is 4. The lowest BCUT2D eigenvalue weighted by Crippen LogP contribution is -2.41. The average Bonchev–Trinajstić information content (AvgIpc) is 3.02. The first-order valence-electron chi connectivity index (χ1n) is 9.28. The van der Waals surface area contributed by atoms with E-state index in [1.165, 1.54) is 6.07 Å². The number of nitrogens with zero attached hydrogens (tertiary/aromatic N) is 2. The van der Waals surface area contributed by atoms with E-state index in [1.54, 1.807) is 29.7 Å². The molecule has 0 saturated carbocycles. The van der Waals surface area contributed by atoms with Gasteiger partial charge in [0.2, 0.25) is 0 Å². The zero-order chi connectivity index (χ0) is 21.1. The van der Waals surface area contributed by atoms with Crippen molar-refractivity contribution < 1.29 is 23.4 Å². The number of benzene rings is 1. The monoisotopic (exact) mass is 403 g/mol. The lowest BCUT2D eigenvalue weighted by molar-refractivity contribution is 0.0890. The van der Waals surface area contributed by atoms with Crippen LogP contribution in [-0.2, 0) is 6.61 Å². The van der Waals surface area contributed by atoms with Crippen molar-refractivity contribution >= 4 is 11.6 Å². The van der Waals surface area contributed by atoms with Gasteiger partial charge < -0.3 is 15.2 Å². The topological polar surface area (TPSA) is 75.9 Å². The minimum absolute atomic E-state index is 0.0537. The summed E-state index contributed by atoms with van der Waals surface area (Å²) < 4.78 is 34.9. The maximum Gasteiger partial charge on any atom is 0.270 e. The summed E-state index contributed by atoms with van der Waals surface area (Å²) in [7, 11) is 0. The highest BCUT2D eigenvalue weighted by atomic mass is 19.1. The average molecular weight is 403 g/mol. The number of imidazole rings is 1. The zero-order valence-electron chi connectivity index (χ0n) is 16.4. The lowest BCUT2D eigenvalue weighted by Gasteiger charge is -2.19. The molecule has 1 amide bonds. The van der Waals surface area contributed by atoms with E-state index >= 15 is 0 Å². The molecule has 0 fully saturated rings. The van der Waals surface area contributed by atoms with Crippen LogP contribution in [0.5, 0.6) is 5.75 Å². The molecule has 0 unspecified atom stereocenters. The minimum atomic E-state index is -0.694. The van der Waals surface area contributed by atoms with E-state index in [1.807, 2.05) is 13.8 Å². The molecule has 29 heavy (non-hydrogen) atoms. The fourth-order valence-corrected chi connectivity index (χ4v) is 3.02. The SMILES string of the molecule is Cc1nc2c(OCc3c(F)cccc3F)cccn2c1C(=O)N[C@@H](CO)C(C)C. The molecule has 8 heteroatoms. The van der Waals surface area contributed by atoms with Gasteiger partial charge in [-0.15, -0.1) is 0 Å². The number of hydrogen-bond donors (Lipinski definition) is 2. The predicted octanol–water partition coefficient (Wildman–Crippen LogP) is 3.25. The van der Waals surface area contributed by atoms with Gasteiger partial charge in [0, 0.05) is 6.20 Å². The van der Waals surface area contributed by atoms with Crippen molar-refractivity contribution in [2.45, 2.75) is 33.4 Å². The Labute approximate surface area is 167 Å². The number of ether oxygens (including phenoxy) is 1. The number of halogens is 2. The molecule has 0 aliphatic heterocycles. The molecule has 0 aliphatic carbocycles. The highest BCUT2D eigenvalue weighted by Gasteiger charge is 2.22. The predicted molar refractivity (Wildman–Crippen MR) is 104 cm³/mol. The van der Waals surface area contributed by atoms with Crippen LogP contribution >= 0.6 is 0 Å². The third-order valence-corrected chi connectivity index (χ3v) is 4.76. The van der Waals surface area contributed by atoms with Gasteiger partial charge in [0.15, 0.2) is 11.4 Å². The molecule has 2 heterocycles. The van der Waals surface area contributed by atoms with Gasteiger partial charge in [-0.2, -0.15) is 0 Å². The molecule has 1 atom stereocenters. The first-order chi connectivity index (χ1) is 13.8. The Balaban J connectivity index is 1.90. The lowest BCUT2D eigenvalue weighted by atomic mass is 10.1. The van der Waals surface area contributed by atoms with Crippen LogP contribution in [0.15, 0.2) is 36.5 Å². The van der Waals surface area contributed by atoms with E-state index in [0.29, 0.717) is 22.8 Å². The first kappa shape index (κ1) is 20.7. The zero-order valence-corrected chi connectivity index (χ0v) is 16.4. The summed E-state index contributed by atoms with van der Waals surface area (Å²) in [5.74, 6) is -1.42. The molecular weight excluding hydrogens is 380 g/mol. The van der Waals surface area contributed by atoms with E-state index < -0.39 is 17.7 Å².